The predicted octanol–water partition coefficient (Wildman–Crippen LogP) is 2.83. The summed E-state index contributed by atoms with van der Waals surface area (Å²) >= 11 is 0. The predicted molar refractivity (Wildman–Crippen MR) is 64.5 cm³/mol. The Labute approximate surface area is 94.0 Å². The second kappa shape index (κ2) is 9.58. The Bertz CT molecular complexity index is 205. The lowest BCUT2D eigenvalue weighted by atomic mass is 10.1. The van der Waals surface area contributed by atoms with Gasteiger partial charge in [-0.25, -0.2) is 0 Å². The maximum Gasteiger partial charge on any atom is 0.223 e. The minimum atomic E-state index is 0.201. The highest BCUT2D eigenvalue weighted by atomic mass is 16.2. The van der Waals surface area contributed by atoms with E-state index in [1.807, 2.05) is 6.92 Å². The fourth-order valence-corrected chi connectivity index (χ4v) is 1.52. The summed E-state index contributed by atoms with van der Waals surface area (Å²) in [6.07, 6.45) is 11.8. The Balaban J connectivity index is 3.58. The molecule has 15 heavy (non-hydrogen) atoms. The summed E-state index contributed by atoms with van der Waals surface area (Å²) in [5.74, 6) is 2.72. The van der Waals surface area contributed by atoms with E-state index >= 15 is 0 Å². The molecule has 0 radical (unpaired) electrons. The lowest BCUT2D eigenvalue weighted by molar-refractivity contribution is -0.130. The van der Waals surface area contributed by atoms with Crippen LogP contribution in [-0.2, 0) is 4.79 Å². The molecule has 2 nitrogen and oxygen atoms in total. The minimum absolute atomic E-state index is 0.201. The van der Waals surface area contributed by atoms with Gasteiger partial charge in [0.25, 0.3) is 0 Å². The minimum Gasteiger partial charge on any atom is -0.332 e. The third-order valence-corrected chi connectivity index (χ3v) is 2.51. The summed E-state index contributed by atoms with van der Waals surface area (Å²) in [4.78, 5) is 13.4. The van der Waals surface area contributed by atoms with Crippen molar-refractivity contribution in [2.24, 2.45) is 0 Å². The quantitative estimate of drug-likeness (QED) is 0.444. The molecule has 0 saturated heterocycles. The van der Waals surface area contributed by atoms with Crippen LogP contribution in [0.3, 0.4) is 0 Å². The van der Waals surface area contributed by atoms with Crippen LogP contribution in [0.15, 0.2) is 0 Å². The van der Waals surface area contributed by atoms with Gasteiger partial charge in [-0.1, -0.05) is 38.5 Å². The van der Waals surface area contributed by atoms with E-state index in [2.05, 4.69) is 12.8 Å². The van der Waals surface area contributed by atoms with Gasteiger partial charge in [0.15, 0.2) is 0 Å². The maximum absolute atomic E-state index is 11.6. The van der Waals surface area contributed by atoms with E-state index in [4.69, 9.17) is 6.42 Å². The van der Waals surface area contributed by atoms with Crippen LogP contribution in [0.2, 0.25) is 0 Å². The highest BCUT2D eigenvalue weighted by molar-refractivity contribution is 5.76. The Kier molecular flexibility index (Phi) is 8.96. The van der Waals surface area contributed by atoms with E-state index in [-0.39, 0.29) is 5.91 Å². The molecule has 0 aliphatic rings. The van der Waals surface area contributed by atoms with Crippen molar-refractivity contribution in [3.8, 4) is 12.3 Å². The van der Waals surface area contributed by atoms with E-state index in [9.17, 15) is 4.79 Å². The van der Waals surface area contributed by atoms with Gasteiger partial charge in [0.05, 0.1) is 6.54 Å². The van der Waals surface area contributed by atoms with Crippen molar-refractivity contribution in [1.82, 2.24) is 4.90 Å². The molecular weight excluding hydrogens is 186 g/mol. The number of carbonyl (C=O) groups is 1. The average Bonchev–Trinajstić information content (AvgIpc) is 2.25. The summed E-state index contributed by atoms with van der Waals surface area (Å²) < 4.78 is 0. The molecule has 0 N–H and O–H groups in total. The first-order valence-electron chi connectivity index (χ1n) is 5.97. The van der Waals surface area contributed by atoms with Gasteiger partial charge in [0.1, 0.15) is 0 Å². The molecule has 0 saturated carbocycles. The summed E-state index contributed by atoms with van der Waals surface area (Å²) in [6.45, 7) is 5.32. The van der Waals surface area contributed by atoms with Gasteiger partial charge < -0.3 is 4.90 Å². The van der Waals surface area contributed by atoms with Gasteiger partial charge in [-0.15, -0.1) is 6.42 Å². The molecule has 0 aromatic carbocycles. The number of carbonyl (C=O) groups excluding carboxylic acids is 1. The molecule has 0 rings (SSSR count). The second-order valence-corrected chi connectivity index (χ2v) is 3.78. The van der Waals surface area contributed by atoms with E-state index < -0.39 is 0 Å². The average molecular weight is 209 g/mol. The van der Waals surface area contributed by atoms with Gasteiger partial charge in [0, 0.05) is 13.0 Å². The molecule has 0 aromatic heterocycles. The van der Waals surface area contributed by atoms with Crippen molar-refractivity contribution in [2.45, 2.75) is 52.4 Å². The highest BCUT2D eigenvalue weighted by Crippen LogP contribution is 2.06. The molecule has 0 unspecified atom stereocenters. The number of hydrogen-bond acceptors (Lipinski definition) is 1. The molecule has 0 fully saturated rings. The third-order valence-electron chi connectivity index (χ3n) is 2.51. The number of amides is 1. The fraction of sp³-hybridized carbons (Fsp3) is 0.769. The number of terminal acetylenes is 1. The summed E-state index contributed by atoms with van der Waals surface area (Å²) in [6, 6.07) is 0. The summed E-state index contributed by atoms with van der Waals surface area (Å²) in [5, 5.41) is 0. The maximum atomic E-state index is 11.6. The Morgan fingerprint density at radius 2 is 1.87 bits per heavy atom. The molecule has 86 valence electrons. The van der Waals surface area contributed by atoms with E-state index in [1.54, 1.807) is 4.90 Å². The smallest absolute Gasteiger partial charge is 0.223 e. The van der Waals surface area contributed by atoms with Crippen LogP contribution in [-0.4, -0.2) is 23.9 Å². The molecule has 0 heterocycles. The Morgan fingerprint density at radius 3 is 2.40 bits per heavy atom. The second-order valence-electron chi connectivity index (χ2n) is 3.78. The van der Waals surface area contributed by atoms with Crippen LogP contribution >= 0.6 is 0 Å². The number of nitrogens with zero attached hydrogens (tertiary/aromatic N) is 1. The fourth-order valence-electron chi connectivity index (χ4n) is 1.52. The molecule has 0 aliphatic heterocycles. The SMILES string of the molecule is C#CCN(CC)C(=O)CCCCCCC. The van der Waals surface area contributed by atoms with Crippen molar-refractivity contribution in [2.75, 3.05) is 13.1 Å². The number of unbranched alkanes of at least 4 members (excludes halogenated alkanes) is 4. The first-order chi connectivity index (χ1) is 7.26. The first kappa shape index (κ1) is 14.0. The molecule has 2 heteroatoms. The van der Waals surface area contributed by atoms with Crippen molar-refractivity contribution in [3.63, 3.8) is 0 Å². The zero-order valence-corrected chi connectivity index (χ0v) is 10.1. The zero-order chi connectivity index (χ0) is 11.5. The summed E-state index contributed by atoms with van der Waals surface area (Å²) in [7, 11) is 0. The highest BCUT2D eigenvalue weighted by Gasteiger charge is 2.08. The Morgan fingerprint density at radius 1 is 1.20 bits per heavy atom. The van der Waals surface area contributed by atoms with Crippen LogP contribution in [0.25, 0.3) is 0 Å². The van der Waals surface area contributed by atoms with E-state index in [1.165, 1.54) is 19.3 Å². The van der Waals surface area contributed by atoms with Gasteiger partial charge in [-0.05, 0) is 13.3 Å². The topological polar surface area (TPSA) is 20.3 Å². The van der Waals surface area contributed by atoms with E-state index in [0.29, 0.717) is 13.0 Å². The van der Waals surface area contributed by atoms with Gasteiger partial charge >= 0.3 is 0 Å². The van der Waals surface area contributed by atoms with Crippen molar-refractivity contribution < 1.29 is 4.79 Å². The van der Waals surface area contributed by atoms with E-state index in [0.717, 1.165) is 19.4 Å². The largest absolute Gasteiger partial charge is 0.332 e. The third kappa shape index (κ3) is 7.02. The van der Waals surface area contributed by atoms with Crippen LogP contribution in [0.5, 0.6) is 0 Å². The molecule has 0 aliphatic carbocycles. The van der Waals surface area contributed by atoms with Crippen LogP contribution < -0.4 is 0 Å². The Hall–Kier alpha value is -0.970. The van der Waals surface area contributed by atoms with Crippen LogP contribution in [0.4, 0.5) is 0 Å². The molecule has 1 amide bonds. The molecular formula is C13H23NO. The summed E-state index contributed by atoms with van der Waals surface area (Å²) in [5.41, 5.74) is 0. The molecule has 0 spiro atoms. The van der Waals surface area contributed by atoms with Crippen LogP contribution in [0.1, 0.15) is 52.4 Å². The molecule has 0 aromatic rings. The van der Waals surface area contributed by atoms with Crippen molar-refractivity contribution >= 4 is 5.91 Å². The lowest BCUT2D eigenvalue weighted by Gasteiger charge is -2.17. The van der Waals surface area contributed by atoms with Gasteiger partial charge in [0.2, 0.25) is 5.91 Å². The monoisotopic (exact) mass is 209 g/mol. The molecule has 0 bridgehead atoms. The van der Waals surface area contributed by atoms with Crippen molar-refractivity contribution in [1.29, 1.82) is 0 Å². The van der Waals surface area contributed by atoms with Crippen molar-refractivity contribution in [3.05, 3.63) is 0 Å². The number of hydrogen-bond donors (Lipinski definition) is 0. The van der Waals surface area contributed by atoms with Gasteiger partial charge in [-0.3, -0.25) is 4.79 Å². The standard InChI is InChI=1S/C13H23NO/c1-4-7-8-9-10-11-13(15)14(6-3)12-5-2/h2H,4,6-12H2,1,3H3. The normalized spacial score (nSPS) is 9.67. The lowest BCUT2D eigenvalue weighted by Crippen LogP contribution is -2.30. The number of rotatable bonds is 8. The van der Waals surface area contributed by atoms with Gasteiger partial charge in [-0.2, -0.15) is 0 Å². The zero-order valence-electron chi connectivity index (χ0n) is 10.1. The first-order valence-corrected chi connectivity index (χ1v) is 5.97. The van der Waals surface area contributed by atoms with Crippen LogP contribution in [0, 0.1) is 12.3 Å². The molecule has 0 atom stereocenters.